The standard InChI is InChI=1S/C15H16O4/c1-9-7-10(3-6-14(9)19-2)13-8-11(16)4-5-12(13)15(17)18/h3,6-8,12H,4-5H2,1-2H3,(H,17,18). The highest BCUT2D eigenvalue weighted by Crippen LogP contribution is 2.33. The van der Waals surface area contributed by atoms with E-state index in [0.717, 1.165) is 16.9 Å². The van der Waals surface area contributed by atoms with E-state index in [4.69, 9.17) is 4.74 Å². The Morgan fingerprint density at radius 1 is 1.42 bits per heavy atom. The first kappa shape index (κ1) is 13.3. The number of carboxylic acid groups (broad SMARTS) is 1. The summed E-state index contributed by atoms with van der Waals surface area (Å²) in [5.74, 6) is -0.753. The van der Waals surface area contributed by atoms with Gasteiger partial charge in [0.05, 0.1) is 13.0 Å². The predicted octanol–water partition coefficient (Wildman–Crippen LogP) is 2.45. The van der Waals surface area contributed by atoms with Gasteiger partial charge < -0.3 is 9.84 Å². The van der Waals surface area contributed by atoms with E-state index in [1.165, 1.54) is 6.08 Å². The topological polar surface area (TPSA) is 63.6 Å². The van der Waals surface area contributed by atoms with E-state index in [-0.39, 0.29) is 5.78 Å². The van der Waals surface area contributed by atoms with Gasteiger partial charge in [-0.1, -0.05) is 6.07 Å². The molecule has 0 aromatic heterocycles. The van der Waals surface area contributed by atoms with Gasteiger partial charge in [0.2, 0.25) is 0 Å². The third-order valence-corrected chi connectivity index (χ3v) is 3.40. The molecule has 100 valence electrons. The summed E-state index contributed by atoms with van der Waals surface area (Å²) < 4.78 is 5.18. The number of carboxylic acids is 1. The number of benzene rings is 1. The number of hydrogen-bond acceptors (Lipinski definition) is 3. The quantitative estimate of drug-likeness (QED) is 0.906. The lowest BCUT2D eigenvalue weighted by atomic mass is 9.83. The highest BCUT2D eigenvalue weighted by Gasteiger charge is 2.28. The molecule has 0 bridgehead atoms. The molecule has 0 heterocycles. The number of allylic oxidation sites excluding steroid dienone is 1. The predicted molar refractivity (Wildman–Crippen MR) is 71.1 cm³/mol. The Morgan fingerprint density at radius 2 is 2.16 bits per heavy atom. The molecule has 0 radical (unpaired) electrons. The van der Waals surface area contributed by atoms with Crippen molar-refractivity contribution in [3.05, 3.63) is 35.4 Å². The van der Waals surface area contributed by atoms with Crippen LogP contribution in [0, 0.1) is 12.8 Å². The first-order chi connectivity index (χ1) is 9.02. The van der Waals surface area contributed by atoms with Crippen LogP contribution in [0.2, 0.25) is 0 Å². The van der Waals surface area contributed by atoms with Crippen molar-refractivity contribution >= 4 is 17.3 Å². The fourth-order valence-electron chi connectivity index (χ4n) is 2.39. The van der Waals surface area contributed by atoms with E-state index < -0.39 is 11.9 Å². The highest BCUT2D eigenvalue weighted by atomic mass is 16.5. The lowest BCUT2D eigenvalue weighted by Gasteiger charge is -2.21. The van der Waals surface area contributed by atoms with Gasteiger partial charge in [0.25, 0.3) is 0 Å². The molecule has 19 heavy (non-hydrogen) atoms. The van der Waals surface area contributed by atoms with Gasteiger partial charge in [-0.3, -0.25) is 9.59 Å². The fraction of sp³-hybridized carbons (Fsp3) is 0.333. The molecule has 0 aliphatic heterocycles. The molecule has 1 aliphatic carbocycles. The van der Waals surface area contributed by atoms with E-state index in [2.05, 4.69) is 0 Å². The molecular weight excluding hydrogens is 244 g/mol. The van der Waals surface area contributed by atoms with Crippen molar-refractivity contribution in [2.24, 2.45) is 5.92 Å². The molecule has 1 aliphatic rings. The zero-order valence-electron chi connectivity index (χ0n) is 11.0. The van der Waals surface area contributed by atoms with Crippen LogP contribution in [0.3, 0.4) is 0 Å². The first-order valence-electron chi connectivity index (χ1n) is 6.15. The Hall–Kier alpha value is -2.10. The van der Waals surface area contributed by atoms with Gasteiger partial charge in [-0.25, -0.2) is 0 Å². The SMILES string of the molecule is COc1ccc(C2=CC(=O)CCC2C(=O)O)cc1C. The van der Waals surface area contributed by atoms with Crippen molar-refractivity contribution in [1.29, 1.82) is 0 Å². The van der Waals surface area contributed by atoms with Crippen LogP contribution in [0.1, 0.15) is 24.0 Å². The number of rotatable bonds is 3. The summed E-state index contributed by atoms with van der Waals surface area (Å²) in [5.41, 5.74) is 2.29. The van der Waals surface area contributed by atoms with Crippen LogP contribution in [0.25, 0.3) is 5.57 Å². The van der Waals surface area contributed by atoms with Gasteiger partial charge in [0.1, 0.15) is 5.75 Å². The highest BCUT2D eigenvalue weighted by molar-refractivity contribution is 6.03. The molecule has 0 fully saturated rings. The van der Waals surface area contributed by atoms with Crippen molar-refractivity contribution in [1.82, 2.24) is 0 Å². The fourth-order valence-corrected chi connectivity index (χ4v) is 2.39. The van der Waals surface area contributed by atoms with Crippen LogP contribution in [-0.4, -0.2) is 24.0 Å². The number of carbonyl (C=O) groups excluding carboxylic acids is 1. The Labute approximate surface area is 111 Å². The Balaban J connectivity index is 2.45. The number of carbonyl (C=O) groups is 2. The number of hydrogen-bond donors (Lipinski definition) is 1. The second-order valence-corrected chi connectivity index (χ2v) is 4.68. The smallest absolute Gasteiger partial charge is 0.311 e. The summed E-state index contributed by atoms with van der Waals surface area (Å²) in [6, 6.07) is 5.45. The molecule has 0 saturated heterocycles. The van der Waals surface area contributed by atoms with Gasteiger partial charge in [-0.05, 0) is 48.3 Å². The number of aliphatic carboxylic acids is 1. The molecule has 4 nitrogen and oxygen atoms in total. The maximum Gasteiger partial charge on any atom is 0.311 e. The Kier molecular flexibility index (Phi) is 3.69. The molecule has 2 rings (SSSR count). The lowest BCUT2D eigenvalue weighted by Crippen LogP contribution is -2.21. The molecule has 0 amide bonds. The van der Waals surface area contributed by atoms with Gasteiger partial charge in [0.15, 0.2) is 5.78 Å². The molecule has 1 aromatic carbocycles. The molecule has 1 aromatic rings. The summed E-state index contributed by atoms with van der Waals surface area (Å²) in [7, 11) is 1.59. The minimum absolute atomic E-state index is 0.0130. The van der Waals surface area contributed by atoms with Crippen molar-refractivity contribution in [2.45, 2.75) is 19.8 Å². The van der Waals surface area contributed by atoms with Crippen molar-refractivity contribution in [2.75, 3.05) is 7.11 Å². The normalized spacial score (nSPS) is 18.9. The maximum absolute atomic E-state index is 11.5. The minimum Gasteiger partial charge on any atom is -0.496 e. The summed E-state index contributed by atoms with van der Waals surface area (Å²) in [4.78, 5) is 22.8. The Morgan fingerprint density at radius 3 is 2.74 bits per heavy atom. The van der Waals surface area contributed by atoms with Gasteiger partial charge in [-0.2, -0.15) is 0 Å². The second-order valence-electron chi connectivity index (χ2n) is 4.68. The summed E-state index contributed by atoms with van der Waals surface area (Å²) in [5, 5.41) is 9.25. The van der Waals surface area contributed by atoms with Crippen LogP contribution in [0.4, 0.5) is 0 Å². The number of aryl methyl sites for hydroxylation is 1. The van der Waals surface area contributed by atoms with E-state index in [1.54, 1.807) is 19.2 Å². The van der Waals surface area contributed by atoms with Gasteiger partial charge in [-0.15, -0.1) is 0 Å². The average Bonchev–Trinajstić information content (AvgIpc) is 2.38. The third-order valence-electron chi connectivity index (χ3n) is 3.40. The van der Waals surface area contributed by atoms with E-state index in [0.29, 0.717) is 18.4 Å². The summed E-state index contributed by atoms with van der Waals surface area (Å²) in [6.45, 7) is 1.89. The van der Waals surface area contributed by atoms with Crippen LogP contribution < -0.4 is 4.74 Å². The third kappa shape index (κ3) is 2.67. The summed E-state index contributed by atoms with van der Waals surface area (Å²) >= 11 is 0. The van der Waals surface area contributed by atoms with Crippen molar-refractivity contribution in [3.8, 4) is 5.75 Å². The lowest BCUT2D eigenvalue weighted by molar-refractivity contribution is -0.140. The largest absolute Gasteiger partial charge is 0.496 e. The summed E-state index contributed by atoms with van der Waals surface area (Å²) in [6.07, 6.45) is 2.13. The van der Waals surface area contributed by atoms with E-state index in [9.17, 15) is 14.7 Å². The molecule has 1 N–H and O–H groups in total. The zero-order valence-corrected chi connectivity index (χ0v) is 11.0. The average molecular weight is 260 g/mol. The number of methoxy groups -OCH3 is 1. The zero-order chi connectivity index (χ0) is 14.0. The number of ether oxygens (including phenoxy) is 1. The van der Waals surface area contributed by atoms with Crippen LogP contribution in [0.15, 0.2) is 24.3 Å². The van der Waals surface area contributed by atoms with Crippen molar-refractivity contribution < 1.29 is 19.4 Å². The van der Waals surface area contributed by atoms with E-state index >= 15 is 0 Å². The minimum atomic E-state index is -0.882. The van der Waals surface area contributed by atoms with Crippen LogP contribution >= 0.6 is 0 Å². The monoisotopic (exact) mass is 260 g/mol. The molecule has 1 atom stereocenters. The van der Waals surface area contributed by atoms with Gasteiger partial charge in [0, 0.05) is 6.42 Å². The molecular formula is C15H16O4. The second kappa shape index (κ2) is 5.26. The van der Waals surface area contributed by atoms with Crippen LogP contribution in [-0.2, 0) is 9.59 Å². The molecule has 1 unspecified atom stereocenters. The number of ketones is 1. The maximum atomic E-state index is 11.5. The Bertz CT molecular complexity index is 557. The van der Waals surface area contributed by atoms with E-state index in [1.807, 2.05) is 13.0 Å². The first-order valence-corrected chi connectivity index (χ1v) is 6.15. The van der Waals surface area contributed by atoms with Crippen molar-refractivity contribution in [3.63, 3.8) is 0 Å². The van der Waals surface area contributed by atoms with Gasteiger partial charge >= 0.3 is 5.97 Å². The van der Waals surface area contributed by atoms with Crippen LogP contribution in [0.5, 0.6) is 5.75 Å². The molecule has 0 spiro atoms. The molecule has 4 heteroatoms. The molecule has 0 saturated carbocycles.